The summed E-state index contributed by atoms with van der Waals surface area (Å²) in [7, 11) is 0. The zero-order valence-electron chi connectivity index (χ0n) is 8.93. The maximum atomic E-state index is 10.8. The average Bonchev–Trinajstić information content (AvgIpc) is 2.64. The van der Waals surface area contributed by atoms with Crippen molar-refractivity contribution in [2.45, 2.75) is 13.3 Å². The summed E-state index contributed by atoms with van der Waals surface area (Å²) in [6.07, 6.45) is 0.902. The number of hydrogen-bond donors (Lipinski definition) is 2. The summed E-state index contributed by atoms with van der Waals surface area (Å²) in [5.41, 5.74) is 0. The second kappa shape index (κ2) is 6.01. The number of nitro groups is 1. The van der Waals surface area contributed by atoms with Crippen LogP contribution in [0.2, 0.25) is 0 Å². The third-order valence-corrected chi connectivity index (χ3v) is 2.06. The molecule has 1 amide bonds. The maximum Gasteiger partial charge on any atom is 0.275 e. The molecule has 0 spiro atoms. The molecule has 0 radical (unpaired) electrons. The lowest BCUT2D eigenvalue weighted by atomic mass is 10.1. The molecule has 0 aromatic rings. The summed E-state index contributed by atoms with van der Waals surface area (Å²) in [6.45, 7) is 3.08. The number of amides is 1. The lowest BCUT2D eigenvalue weighted by Crippen LogP contribution is -2.42. The van der Waals surface area contributed by atoms with Crippen molar-refractivity contribution in [1.29, 1.82) is 0 Å². The number of carbonyl (C=O) groups is 1. The van der Waals surface area contributed by atoms with Crippen molar-refractivity contribution in [2.75, 3.05) is 19.8 Å². The number of nitrogens with one attached hydrogen (secondary N) is 2. The summed E-state index contributed by atoms with van der Waals surface area (Å²) in [5.74, 6) is -0.245. The van der Waals surface area contributed by atoms with E-state index in [-0.39, 0.29) is 5.96 Å². The molecule has 1 rings (SSSR count). The van der Waals surface area contributed by atoms with Gasteiger partial charge >= 0.3 is 0 Å². The summed E-state index contributed by atoms with van der Waals surface area (Å²) in [6, 6.07) is 0. The molecule has 0 saturated carbocycles. The van der Waals surface area contributed by atoms with E-state index in [1.165, 1.54) is 6.92 Å². The van der Waals surface area contributed by atoms with Gasteiger partial charge in [0.1, 0.15) is 5.10 Å². The van der Waals surface area contributed by atoms with Crippen LogP contribution < -0.4 is 10.6 Å². The van der Waals surface area contributed by atoms with Gasteiger partial charge in [-0.25, -0.2) is 10.1 Å². The first-order valence-corrected chi connectivity index (χ1v) is 4.90. The lowest BCUT2D eigenvalue weighted by molar-refractivity contribution is -0.485. The van der Waals surface area contributed by atoms with E-state index in [1.54, 1.807) is 0 Å². The maximum absolute atomic E-state index is 10.8. The second-order valence-electron chi connectivity index (χ2n) is 3.48. The van der Waals surface area contributed by atoms with E-state index < -0.39 is 10.9 Å². The molecule has 0 bridgehead atoms. The Morgan fingerprint density at radius 2 is 2.44 bits per heavy atom. The van der Waals surface area contributed by atoms with Gasteiger partial charge in [0.25, 0.3) is 5.96 Å². The molecule has 8 heteroatoms. The van der Waals surface area contributed by atoms with E-state index in [9.17, 15) is 14.9 Å². The van der Waals surface area contributed by atoms with E-state index in [2.05, 4.69) is 15.7 Å². The van der Waals surface area contributed by atoms with Crippen molar-refractivity contribution in [3.63, 3.8) is 0 Å². The molecule has 1 unspecified atom stereocenters. The highest BCUT2D eigenvalue weighted by molar-refractivity contribution is 5.95. The molecule has 1 heterocycles. The van der Waals surface area contributed by atoms with Crippen LogP contribution in [0.3, 0.4) is 0 Å². The second-order valence-corrected chi connectivity index (χ2v) is 3.48. The SMILES string of the molecule is CC(=O)N/C(=N\[N+](=O)[O-])NCC1CCOC1. The number of ether oxygens (including phenoxy) is 1. The quantitative estimate of drug-likeness (QED) is 0.288. The van der Waals surface area contributed by atoms with Crippen LogP contribution in [0, 0.1) is 16.0 Å². The zero-order chi connectivity index (χ0) is 12.0. The molecule has 90 valence electrons. The van der Waals surface area contributed by atoms with Crippen LogP contribution in [0.25, 0.3) is 0 Å². The van der Waals surface area contributed by atoms with Crippen molar-refractivity contribution >= 4 is 11.9 Å². The highest BCUT2D eigenvalue weighted by Gasteiger charge is 2.17. The Morgan fingerprint density at radius 1 is 1.69 bits per heavy atom. The molecular weight excluding hydrogens is 216 g/mol. The van der Waals surface area contributed by atoms with Crippen LogP contribution in [0.1, 0.15) is 13.3 Å². The minimum atomic E-state index is -0.858. The molecule has 1 aliphatic heterocycles. The fourth-order valence-corrected chi connectivity index (χ4v) is 1.34. The number of guanidine groups is 1. The van der Waals surface area contributed by atoms with Crippen molar-refractivity contribution in [1.82, 2.24) is 10.6 Å². The molecule has 1 saturated heterocycles. The third-order valence-electron chi connectivity index (χ3n) is 2.06. The molecule has 0 aromatic heterocycles. The predicted molar refractivity (Wildman–Crippen MR) is 55.2 cm³/mol. The molecule has 1 atom stereocenters. The zero-order valence-corrected chi connectivity index (χ0v) is 8.93. The number of carbonyl (C=O) groups excluding carboxylic acids is 1. The minimum absolute atomic E-state index is 0.135. The molecule has 1 aliphatic rings. The number of hydrazone groups is 1. The Hall–Kier alpha value is -1.70. The molecule has 8 nitrogen and oxygen atoms in total. The Morgan fingerprint density at radius 3 is 2.94 bits per heavy atom. The van der Waals surface area contributed by atoms with Gasteiger partial charge in [0.05, 0.1) is 6.61 Å². The Kier molecular flexibility index (Phi) is 4.65. The largest absolute Gasteiger partial charge is 0.381 e. The van der Waals surface area contributed by atoms with Crippen molar-refractivity contribution < 1.29 is 14.6 Å². The average molecular weight is 230 g/mol. The monoisotopic (exact) mass is 230 g/mol. The molecular formula is C8H14N4O4. The van der Waals surface area contributed by atoms with Crippen LogP contribution in [0.15, 0.2) is 5.10 Å². The number of hydrogen-bond acceptors (Lipinski definition) is 4. The van der Waals surface area contributed by atoms with E-state index in [4.69, 9.17) is 4.74 Å². The standard InChI is InChI=1S/C8H14N4O4/c1-6(13)10-8(11-12(14)15)9-4-7-2-3-16-5-7/h7H,2-5H2,1H3,(H2,9,10,11,13). The van der Waals surface area contributed by atoms with Crippen LogP contribution in [0.4, 0.5) is 0 Å². The minimum Gasteiger partial charge on any atom is -0.381 e. The smallest absolute Gasteiger partial charge is 0.275 e. The summed E-state index contributed by atoms with van der Waals surface area (Å²) in [4.78, 5) is 20.9. The fourth-order valence-electron chi connectivity index (χ4n) is 1.34. The van der Waals surface area contributed by atoms with E-state index in [1.807, 2.05) is 0 Å². The topological polar surface area (TPSA) is 106 Å². The number of nitrogens with zero attached hydrogens (tertiary/aromatic N) is 2. The van der Waals surface area contributed by atoms with Crippen LogP contribution in [-0.2, 0) is 9.53 Å². The lowest BCUT2D eigenvalue weighted by Gasteiger charge is -2.10. The molecule has 16 heavy (non-hydrogen) atoms. The van der Waals surface area contributed by atoms with E-state index in [0.717, 1.165) is 6.42 Å². The van der Waals surface area contributed by atoms with Gasteiger partial charge in [-0.05, 0) is 6.42 Å². The van der Waals surface area contributed by atoms with Crippen molar-refractivity contribution in [2.24, 2.45) is 11.0 Å². The first kappa shape index (κ1) is 12.4. The van der Waals surface area contributed by atoms with Gasteiger partial charge in [0.15, 0.2) is 5.03 Å². The molecule has 1 fully saturated rings. The predicted octanol–water partition coefficient (Wildman–Crippen LogP) is -0.704. The van der Waals surface area contributed by atoms with Gasteiger partial charge in [-0.3, -0.25) is 10.1 Å². The molecule has 0 aliphatic carbocycles. The van der Waals surface area contributed by atoms with Gasteiger partial charge < -0.3 is 10.1 Å². The first-order valence-electron chi connectivity index (χ1n) is 4.90. The highest BCUT2D eigenvalue weighted by Crippen LogP contribution is 2.10. The Balaban J connectivity index is 2.42. The van der Waals surface area contributed by atoms with Crippen LogP contribution in [0.5, 0.6) is 0 Å². The first-order chi connectivity index (χ1) is 7.58. The van der Waals surface area contributed by atoms with E-state index in [0.29, 0.717) is 25.7 Å². The van der Waals surface area contributed by atoms with Crippen molar-refractivity contribution in [3.8, 4) is 0 Å². The van der Waals surface area contributed by atoms with Gasteiger partial charge in [-0.2, -0.15) is 0 Å². The van der Waals surface area contributed by atoms with Crippen molar-refractivity contribution in [3.05, 3.63) is 10.1 Å². The number of rotatable bonds is 3. The molecule has 2 N–H and O–H groups in total. The van der Waals surface area contributed by atoms with Crippen LogP contribution >= 0.6 is 0 Å². The molecule has 0 aromatic carbocycles. The fraction of sp³-hybridized carbons (Fsp3) is 0.750. The third kappa shape index (κ3) is 4.69. The normalized spacial score (nSPS) is 20.6. The van der Waals surface area contributed by atoms with Gasteiger partial charge in [-0.15, -0.1) is 0 Å². The highest BCUT2D eigenvalue weighted by atomic mass is 16.7. The van der Waals surface area contributed by atoms with Gasteiger partial charge in [0, 0.05) is 26.0 Å². The Bertz CT molecular complexity index is 298. The summed E-state index contributed by atoms with van der Waals surface area (Å²) >= 11 is 0. The summed E-state index contributed by atoms with van der Waals surface area (Å²) in [5, 5.41) is 17.3. The Labute approximate surface area is 92.2 Å². The van der Waals surface area contributed by atoms with Gasteiger partial charge in [-0.1, -0.05) is 0 Å². The summed E-state index contributed by atoms with van der Waals surface area (Å²) < 4.78 is 5.15. The van der Waals surface area contributed by atoms with Crippen LogP contribution in [-0.4, -0.2) is 36.7 Å². The van der Waals surface area contributed by atoms with E-state index >= 15 is 0 Å². The van der Waals surface area contributed by atoms with Gasteiger partial charge in [0.2, 0.25) is 5.91 Å².